The Morgan fingerprint density at radius 3 is 2.79 bits per heavy atom. The molecule has 2 aromatic heterocycles. The Bertz CT molecular complexity index is 1130. The van der Waals surface area contributed by atoms with E-state index in [1.807, 2.05) is 62.5 Å². The van der Waals surface area contributed by atoms with Gasteiger partial charge in [0.1, 0.15) is 11.7 Å². The number of nitrogens with zero attached hydrogens (tertiary/aromatic N) is 4. The Balaban J connectivity index is 1.58. The van der Waals surface area contributed by atoms with Gasteiger partial charge in [0.25, 0.3) is 0 Å². The zero-order valence-electron chi connectivity index (χ0n) is 18.7. The summed E-state index contributed by atoms with van der Waals surface area (Å²) in [7, 11) is 0. The van der Waals surface area contributed by atoms with Crippen LogP contribution in [0.2, 0.25) is 0 Å². The predicted octanol–water partition coefficient (Wildman–Crippen LogP) is 3.76. The molecular formula is C25H27N5O2S. The van der Waals surface area contributed by atoms with E-state index in [-0.39, 0.29) is 17.9 Å². The van der Waals surface area contributed by atoms with Gasteiger partial charge in [-0.2, -0.15) is 5.10 Å². The van der Waals surface area contributed by atoms with Gasteiger partial charge in [0, 0.05) is 47.6 Å². The van der Waals surface area contributed by atoms with E-state index >= 15 is 0 Å². The zero-order chi connectivity index (χ0) is 23.2. The van der Waals surface area contributed by atoms with Crippen molar-refractivity contribution in [3.8, 4) is 16.9 Å². The molecule has 2 amide bonds. The SMILES string of the molecule is CCC(C)NC(=O)C1CSCN1C(=O)/C=C/c1cn(-c2ccccc2)nc1-c1cccnc1. The lowest BCUT2D eigenvalue weighted by Gasteiger charge is -2.23. The van der Waals surface area contributed by atoms with E-state index in [0.717, 1.165) is 28.9 Å². The van der Waals surface area contributed by atoms with Gasteiger partial charge in [-0.05, 0) is 43.7 Å². The summed E-state index contributed by atoms with van der Waals surface area (Å²) in [5, 5.41) is 7.74. The monoisotopic (exact) mass is 461 g/mol. The van der Waals surface area contributed by atoms with Crippen LogP contribution in [-0.2, 0) is 9.59 Å². The average molecular weight is 462 g/mol. The van der Waals surface area contributed by atoms with Gasteiger partial charge in [0.05, 0.1) is 11.6 Å². The summed E-state index contributed by atoms with van der Waals surface area (Å²) >= 11 is 1.59. The second-order valence-electron chi connectivity index (χ2n) is 7.93. The van der Waals surface area contributed by atoms with Crippen molar-refractivity contribution in [2.24, 2.45) is 0 Å². The van der Waals surface area contributed by atoms with Crippen molar-refractivity contribution in [3.63, 3.8) is 0 Å². The number of hydrogen-bond acceptors (Lipinski definition) is 5. The minimum atomic E-state index is -0.453. The molecule has 0 spiro atoms. The highest BCUT2D eigenvalue weighted by atomic mass is 32.2. The summed E-state index contributed by atoms with van der Waals surface area (Å²) in [4.78, 5) is 31.5. The molecule has 0 radical (unpaired) electrons. The van der Waals surface area contributed by atoms with E-state index in [1.165, 1.54) is 6.08 Å². The Hall–Kier alpha value is -3.39. The van der Waals surface area contributed by atoms with Crippen LogP contribution in [0.3, 0.4) is 0 Å². The molecular weight excluding hydrogens is 434 g/mol. The standard InChI is InChI=1S/C25H27N5O2S/c1-3-18(2)27-25(32)22-16-33-17-29(22)23(31)12-11-20-15-30(21-9-5-4-6-10-21)28-24(20)19-8-7-13-26-14-19/h4-15,18,22H,3,16-17H2,1-2H3,(H,27,32)/b12-11+. The number of amides is 2. The molecule has 1 N–H and O–H groups in total. The minimum Gasteiger partial charge on any atom is -0.352 e. The van der Waals surface area contributed by atoms with E-state index in [9.17, 15) is 9.59 Å². The molecule has 3 aromatic rings. The summed E-state index contributed by atoms with van der Waals surface area (Å²) in [5.41, 5.74) is 3.32. The first-order valence-electron chi connectivity index (χ1n) is 11.0. The molecule has 33 heavy (non-hydrogen) atoms. The van der Waals surface area contributed by atoms with Crippen LogP contribution >= 0.6 is 11.8 Å². The molecule has 1 aromatic carbocycles. The number of benzene rings is 1. The Kier molecular flexibility index (Phi) is 7.24. The molecule has 2 unspecified atom stereocenters. The quantitative estimate of drug-likeness (QED) is 0.542. The highest BCUT2D eigenvalue weighted by Gasteiger charge is 2.34. The molecule has 7 nitrogen and oxygen atoms in total. The number of carbonyl (C=O) groups is 2. The van der Waals surface area contributed by atoms with Crippen LogP contribution in [0.4, 0.5) is 0 Å². The van der Waals surface area contributed by atoms with Gasteiger partial charge >= 0.3 is 0 Å². The summed E-state index contributed by atoms with van der Waals surface area (Å²) in [6.07, 6.45) is 9.51. The number of nitrogens with one attached hydrogen (secondary N) is 1. The lowest BCUT2D eigenvalue weighted by Crippen LogP contribution is -2.48. The molecule has 1 aliphatic rings. The van der Waals surface area contributed by atoms with E-state index in [2.05, 4.69) is 10.3 Å². The van der Waals surface area contributed by atoms with Crippen molar-refractivity contribution in [1.82, 2.24) is 25.0 Å². The van der Waals surface area contributed by atoms with Crippen LogP contribution in [0.15, 0.2) is 67.1 Å². The molecule has 8 heteroatoms. The fourth-order valence-corrected chi connectivity index (χ4v) is 4.69. The first-order valence-corrected chi connectivity index (χ1v) is 12.1. The van der Waals surface area contributed by atoms with Crippen LogP contribution in [-0.4, -0.2) is 55.2 Å². The fraction of sp³-hybridized carbons (Fsp3) is 0.280. The number of carbonyl (C=O) groups excluding carboxylic acids is 2. The second kappa shape index (κ2) is 10.5. The average Bonchev–Trinajstić information content (AvgIpc) is 3.51. The largest absolute Gasteiger partial charge is 0.352 e. The molecule has 1 fully saturated rings. The Labute approximate surface area is 197 Å². The first kappa shape index (κ1) is 22.8. The molecule has 1 saturated heterocycles. The summed E-state index contributed by atoms with van der Waals surface area (Å²) < 4.78 is 1.79. The number of pyridine rings is 1. The van der Waals surface area contributed by atoms with Crippen molar-refractivity contribution < 1.29 is 9.59 Å². The molecule has 170 valence electrons. The maximum Gasteiger partial charge on any atom is 0.247 e. The lowest BCUT2D eigenvalue weighted by molar-refractivity contribution is -0.135. The fourth-order valence-electron chi connectivity index (χ4n) is 3.52. The van der Waals surface area contributed by atoms with Gasteiger partial charge in [-0.3, -0.25) is 14.6 Å². The van der Waals surface area contributed by atoms with E-state index in [0.29, 0.717) is 11.6 Å². The van der Waals surface area contributed by atoms with Crippen LogP contribution in [0.1, 0.15) is 25.8 Å². The number of aromatic nitrogens is 3. The zero-order valence-corrected chi connectivity index (χ0v) is 19.5. The van der Waals surface area contributed by atoms with Crippen LogP contribution in [0, 0.1) is 0 Å². The van der Waals surface area contributed by atoms with E-state index in [4.69, 9.17) is 5.10 Å². The van der Waals surface area contributed by atoms with Gasteiger partial charge in [0.2, 0.25) is 11.8 Å². The van der Waals surface area contributed by atoms with Crippen molar-refractivity contribution in [1.29, 1.82) is 0 Å². The van der Waals surface area contributed by atoms with Crippen LogP contribution in [0.25, 0.3) is 23.0 Å². The Morgan fingerprint density at radius 1 is 1.24 bits per heavy atom. The topological polar surface area (TPSA) is 80.1 Å². The number of para-hydroxylation sites is 1. The summed E-state index contributed by atoms with van der Waals surface area (Å²) in [6.45, 7) is 3.99. The first-order chi connectivity index (χ1) is 16.1. The molecule has 4 rings (SSSR count). The summed E-state index contributed by atoms with van der Waals surface area (Å²) in [6, 6.07) is 13.2. The third-order valence-electron chi connectivity index (χ3n) is 5.57. The van der Waals surface area contributed by atoms with Gasteiger partial charge < -0.3 is 10.2 Å². The predicted molar refractivity (Wildman–Crippen MR) is 132 cm³/mol. The second-order valence-corrected chi connectivity index (χ2v) is 8.93. The van der Waals surface area contributed by atoms with E-state index < -0.39 is 6.04 Å². The van der Waals surface area contributed by atoms with Crippen molar-refractivity contribution in [2.75, 3.05) is 11.6 Å². The number of hydrogen-bond donors (Lipinski definition) is 1. The maximum atomic E-state index is 13.0. The normalized spacial score (nSPS) is 16.8. The van der Waals surface area contributed by atoms with Gasteiger partial charge in [-0.1, -0.05) is 25.1 Å². The van der Waals surface area contributed by atoms with Crippen LogP contribution in [0.5, 0.6) is 0 Å². The number of thioether (sulfide) groups is 1. The molecule has 0 bridgehead atoms. The summed E-state index contributed by atoms with van der Waals surface area (Å²) in [5.74, 6) is 0.827. The molecule has 0 aliphatic carbocycles. The molecule has 2 atom stereocenters. The lowest BCUT2D eigenvalue weighted by atomic mass is 10.1. The van der Waals surface area contributed by atoms with Crippen molar-refractivity contribution in [2.45, 2.75) is 32.4 Å². The molecule has 0 saturated carbocycles. The van der Waals surface area contributed by atoms with Gasteiger partial charge in [-0.25, -0.2) is 4.68 Å². The van der Waals surface area contributed by atoms with Crippen molar-refractivity contribution in [3.05, 3.63) is 72.7 Å². The van der Waals surface area contributed by atoms with E-state index in [1.54, 1.807) is 39.8 Å². The van der Waals surface area contributed by atoms with Crippen molar-refractivity contribution >= 4 is 29.7 Å². The number of rotatable bonds is 7. The smallest absolute Gasteiger partial charge is 0.247 e. The highest BCUT2D eigenvalue weighted by molar-refractivity contribution is 7.99. The van der Waals surface area contributed by atoms with Crippen LogP contribution < -0.4 is 5.32 Å². The highest BCUT2D eigenvalue weighted by Crippen LogP contribution is 2.25. The minimum absolute atomic E-state index is 0.0847. The Morgan fingerprint density at radius 2 is 2.06 bits per heavy atom. The third kappa shape index (κ3) is 5.34. The van der Waals surface area contributed by atoms with Gasteiger partial charge in [-0.15, -0.1) is 11.8 Å². The van der Waals surface area contributed by atoms with Gasteiger partial charge in [0.15, 0.2) is 0 Å². The maximum absolute atomic E-state index is 13.0. The third-order valence-corrected chi connectivity index (χ3v) is 6.58. The molecule has 3 heterocycles. The molecule has 1 aliphatic heterocycles.